The van der Waals surface area contributed by atoms with Crippen LogP contribution in [-0.2, 0) is 11.2 Å². The molecule has 4 aromatic carbocycles. The van der Waals surface area contributed by atoms with Crippen LogP contribution in [0.2, 0.25) is 0 Å². The van der Waals surface area contributed by atoms with Crippen LogP contribution in [-0.4, -0.2) is 11.1 Å². The molecule has 0 unspecified atom stereocenters. The summed E-state index contributed by atoms with van der Waals surface area (Å²) in [7, 11) is 0. The Morgan fingerprint density at radius 2 is 1.00 bits per heavy atom. The summed E-state index contributed by atoms with van der Waals surface area (Å²) in [6.07, 6.45) is 0.733. The number of carbonyl (C=O) groups is 1. The largest absolute Gasteiger partial charge is 0.481 e. The molecule has 0 aliphatic rings. The first-order valence-electron chi connectivity index (χ1n) is 10.5. The van der Waals surface area contributed by atoms with Crippen molar-refractivity contribution in [3.05, 3.63) is 108 Å². The average Bonchev–Trinajstić information content (AvgIpc) is 2.81. The van der Waals surface area contributed by atoms with Crippen molar-refractivity contribution in [2.45, 2.75) is 39.3 Å². The molecular weight excluding hydrogens is 432 g/mol. The lowest BCUT2D eigenvalue weighted by Crippen LogP contribution is -1.97. The number of rotatable bonds is 8. The fourth-order valence-corrected chi connectivity index (χ4v) is 4.92. The molecule has 0 aliphatic heterocycles. The van der Waals surface area contributed by atoms with Gasteiger partial charge in [0, 0.05) is 26.0 Å². The summed E-state index contributed by atoms with van der Waals surface area (Å²) in [5, 5.41) is 8.81. The molecule has 0 spiro atoms. The molecular formula is C28H24O2S2. The van der Waals surface area contributed by atoms with Crippen LogP contribution in [0.1, 0.15) is 17.5 Å². The van der Waals surface area contributed by atoms with Gasteiger partial charge in [0.15, 0.2) is 0 Å². The quantitative estimate of drug-likeness (QED) is 0.292. The normalized spacial score (nSPS) is 10.8. The highest BCUT2D eigenvalue weighted by molar-refractivity contribution is 7.99. The first-order chi connectivity index (χ1) is 15.5. The lowest BCUT2D eigenvalue weighted by atomic mass is 10.1. The van der Waals surface area contributed by atoms with Crippen LogP contribution >= 0.6 is 23.5 Å². The van der Waals surface area contributed by atoms with Gasteiger partial charge in [0.2, 0.25) is 0 Å². The van der Waals surface area contributed by atoms with Gasteiger partial charge in [-0.1, -0.05) is 77.6 Å². The third-order valence-corrected chi connectivity index (χ3v) is 7.12. The summed E-state index contributed by atoms with van der Waals surface area (Å²) in [6.45, 7) is 2.10. The minimum atomic E-state index is -0.761. The lowest BCUT2D eigenvalue weighted by molar-refractivity contribution is -0.136. The predicted octanol–water partition coefficient (Wildman–Crippen LogP) is 7.98. The van der Waals surface area contributed by atoms with E-state index in [1.807, 2.05) is 12.1 Å². The van der Waals surface area contributed by atoms with Gasteiger partial charge in [0.05, 0.1) is 0 Å². The zero-order valence-corrected chi connectivity index (χ0v) is 19.5. The smallest absolute Gasteiger partial charge is 0.303 e. The van der Waals surface area contributed by atoms with E-state index in [-0.39, 0.29) is 6.42 Å². The molecule has 0 amide bonds. The molecule has 4 aromatic rings. The van der Waals surface area contributed by atoms with Crippen molar-refractivity contribution in [3.8, 4) is 11.1 Å². The molecule has 0 bridgehead atoms. The highest BCUT2D eigenvalue weighted by Gasteiger charge is 2.04. The van der Waals surface area contributed by atoms with E-state index in [4.69, 9.17) is 5.11 Å². The topological polar surface area (TPSA) is 37.3 Å². The molecule has 0 atom stereocenters. The van der Waals surface area contributed by atoms with Gasteiger partial charge in [0.1, 0.15) is 0 Å². The molecule has 160 valence electrons. The van der Waals surface area contributed by atoms with Crippen molar-refractivity contribution >= 4 is 29.5 Å². The maximum atomic E-state index is 10.7. The Bertz CT molecular complexity index is 1160. The van der Waals surface area contributed by atoms with Gasteiger partial charge in [-0.2, -0.15) is 0 Å². The zero-order chi connectivity index (χ0) is 22.3. The molecule has 0 radical (unpaired) electrons. The van der Waals surface area contributed by atoms with Gasteiger partial charge < -0.3 is 5.11 Å². The second kappa shape index (κ2) is 10.6. The van der Waals surface area contributed by atoms with E-state index in [9.17, 15) is 4.79 Å². The van der Waals surface area contributed by atoms with Gasteiger partial charge >= 0.3 is 5.97 Å². The van der Waals surface area contributed by atoms with E-state index in [2.05, 4.69) is 91.9 Å². The van der Waals surface area contributed by atoms with Gasteiger partial charge in [-0.3, -0.25) is 4.79 Å². The molecule has 0 aromatic heterocycles. The molecule has 0 aliphatic carbocycles. The summed E-state index contributed by atoms with van der Waals surface area (Å²) in [6, 6.07) is 34.0. The number of hydrogen-bond donors (Lipinski definition) is 1. The third-order valence-electron chi connectivity index (χ3n) is 5.09. The summed E-state index contributed by atoms with van der Waals surface area (Å²) in [5.74, 6) is -0.761. The molecule has 4 rings (SSSR count). The third kappa shape index (κ3) is 6.28. The first kappa shape index (κ1) is 22.3. The number of benzene rings is 4. The van der Waals surface area contributed by atoms with E-state index in [0.717, 1.165) is 10.5 Å². The Labute approximate surface area is 197 Å². The van der Waals surface area contributed by atoms with E-state index >= 15 is 0 Å². The summed E-state index contributed by atoms with van der Waals surface area (Å²) in [4.78, 5) is 15.5. The predicted molar refractivity (Wildman–Crippen MR) is 134 cm³/mol. The SMILES string of the molecule is Cc1ccc(Sc2ccc(-c3ccc(Sc4ccc(CCC(=O)O)cc4)cc3)cc2)cc1. The maximum absolute atomic E-state index is 10.7. The first-order valence-corrected chi connectivity index (χ1v) is 12.1. The number of hydrogen-bond acceptors (Lipinski definition) is 3. The Morgan fingerprint density at radius 3 is 1.41 bits per heavy atom. The van der Waals surface area contributed by atoms with E-state index < -0.39 is 5.97 Å². The van der Waals surface area contributed by atoms with Gasteiger partial charge in [-0.25, -0.2) is 0 Å². The van der Waals surface area contributed by atoms with Crippen LogP contribution in [0.5, 0.6) is 0 Å². The molecule has 1 N–H and O–H groups in total. The van der Waals surface area contributed by atoms with Crippen molar-refractivity contribution in [3.63, 3.8) is 0 Å². The Hall–Kier alpha value is -2.95. The lowest BCUT2D eigenvalue weighted by Gasteiger charge is -2.07. The maximum Gasteiger partial charge on any atom is 0.303 e. The molecule has 0 fully saturated rings. The van der Waals surface area contributed by atoms with Gasteiger partial charge in [0.25, 0.3) is 0 Å². The van der Waals surface area contributed by atoms with Crippen LogP contribution in [0.3, 0.4) is 0 Å². The Balaban J connectivity index is 1.36. The molecule has 32 heavy (non-hydrogen) atoms. The minimum absolute atomic E-state index is 0.166. The fourth-order valence-electron chi connectivity index (χ4n) is 3.28. The van der Waals surface area contributed by atoms with E-state index in [1.165, 1.54) is 31.4 Å². The molecule has 0 saturated carbocycles. The minimum Gasteiger partial charge on any atom is -0.481 e. The monoisotopic (exact) mass is 456 g/mol. The van der Waals surface area contributed by atoms with Crippen LogP contribution in [0.15, 0.2) is 117 Å². The number of aryl methyl sites for hydroxylation is 2. The van der Waals surface area contributed by atoms with Crippen molar-refractivity contribution in [1.82, 2.24) is 0 Å². The van der Waals surface area contributed by atoms with Crippen LogP contribution in [0.4, 0.5) is 0 Å². The van der Waals surface area contributed by atoms with Gasteiger partial charge in [-0.15, -0.1) is 0 Å². The van der Waals surface area contributed by atoms with Crippen molar-refractivity contribution < 1.29 is 9.90 Å². The van der Waals surface area contributed by atoms with Crippen LogP contribution in [0.25, 0.3) is 11.1 Å². The van der Waals surface area contributed by atoms with E-state index in [0.29, 0.717) is 6.42 Å². The standard InChI is InChI=1S/C28H24O2S2/c1-20-2-11-24(12-3-20)31-26-15-7-22(8-16-26)23-9-17-27(18-10-23)32-25-13-4-21(5-14-25)6-19-28(29)30/h2-5,7-18H,6,19H2,1H3,(H,29,30). The molecule has 0 heterocycles. The van der Waals surface area contributed by atoms with E-state index in [1.54, 1.807) is 23.5 Å². The average molecular weight is 457 g/mol. The Morgan fingerprint density at radius 1 is 0.625 bits per heavy atom. The summed E-state index contributed by atoms with van der Waals surface area (Å²) < 4.78 is 0. The number of carboxylic acid groups (broad SMARTS) is 1. The highest BCUT2D eigenvalue weighted by atomic mass is 32.2. The molecule has 4 heteroatoms. The number of aliphatic carboxylic acids is 1. The number of carboxylic acids is 1. The molecule has 2 nitrogen and oxygen atoms in total. The zero-order valence-electron chi connectivity index (χ0n) is 17.8. The van der Waals surface area contributed by atoms with Crippen molar-refractivity contribution in [2.24, 2.45) is 0 Å². The Kier molecular flexibility index (Phi) is 7.35. The second-order valence-corrected chi connectivity index (χ2v) is 9.90. The van der Waals surface area contributed by atoms with Crippen molar-refractivity contribution in [2.75, 3.05) is 0 Å². The highest BCUT2D eigenvalue weighted by Crippen LogP contribution is 2.32. The van der Waals surface area contributed by atoms with Crippen molar-refractivity contribution in [1.29, 1.82) is 0 Å². The second-order valence-electron chi connectivity index (χ2n) is 7.60. The molecule has 0 saturated heterocycles. The fraction of sp³-hybridized carbons (Fsp3) is 0.107. The van der Waals surface area contributed by atoms with Crippen LogP contribution in [0, 0.1) is 6.92 Å². The van der Waals surface area contributed by atoms with Crippen LogP contribution < -0.4 is 0 Å². The summed E-state index contributed by atoms with van der Waals surface area (Å²) >= 11 is 3.49. The van der Waals surface area contributed by atoms with Gasteiger partial charge in [-0.05, 0) is 78.6 Å². The summed E-state index contributed by atoms with van der Waals surface area (Å²) in [5.41, 5.74) is 4.73.